The molecule has 2 nitrogen and oxygen atoms in total. The third-order valence-electron chi connectivity index (χ3n) is 3.65. The van der Waals surface area contributed by atoms with Crippen molar-refractivity contribution in [1.29, 1.82) is 0 Å². The Morgan fingerprint density at radius 2 is 2.12 bits per heavy atom. The van der Waals surface area contributed by atoms with Crippen LogP contribution in [0.15, 0.2) is 18.2 Å². The van der Waals surface area contributed by atoms with Gasteiger partial charge in [0, 0.05) is 19.1 Å². The van der Waals surface area contributed by atoms with Gasteiger partial charge in [-0.05, 0) is 49.9 Å². The van der Waals surface area contributed by atoms with Crippen molar-refractivity contribution in [2.45, 2.75) is 39.3 Å². The zero-order chi connectivity index (χ0) is 11.5. The SMILES string of the molecule is Cc1cccc(CN2CCCC(N)C2)c1C.Cl. The molecule has 1 saturated heterocycles. The van der Waals surface area contributed by atoms with E-state index in [1.165, 1.54) is 36.1 Å². The number of hydrogen-bond acceptors (Lipinski definition) is 2. The van der Waals surface area contributed by atoms with Crippen molar-refractivity contribution in [3.8, 4) is 0 Å². The van der Waals surface area contributed by atoms with Gasteiger partial charge < -0.3 is 5.73 Å². The molecule has 1 aromatic carbocycles. The van der Waals surface area contributed by atoms with Gasteiger partial charge in [0.1, 0.15) is 0 Å². The van der Waals surface area contributed by atoms with Gasteiger partial charge in [0.25, 0.3) is 0 Å². The highest BCUT2D eigenvalue weighted by molar-refractivity contribution is 5.85. The largest absolute Gasteiger partial charge is 0.327 e. The van der Waals surface area contributed by atoms with Gasteiger partial charge in [-0.2, -0.15) is 0 Å². The van der Waals surface area contributed by atoms with E-state index < -0.39 is 0 Å². The van der Waals surface area contributed by atoms with Crippen molar-refractivity contribution in [3.05, 3.63) is 34.9 Å². The molecule has 1 heterocycles. The Labute approximate surface area is 111 Å². The van der Waals surface area contributed by atoms with Gasteiger partial charge in [-0.1, -0.05) is 18.2 Å². The maximum Gasteiger partial charge on any atom is 0.0237 e. The van der Waals surface area contributed by atoms with Crippen LogP contribution in [0.4, 0.5) is 0 Å². The smallest absolute Gasteiger partial charge is 0.0237 e. The van der Waals surface area contributed by atoms with Crippen LogP contribution >= 0.6 is 12.4 Å². The molecule has 96 valence electrons. The molecule has 0 amide bonds. The average molecular weight is 255 g/mol. The lowest BCUT2D eigenvalue weighted by molar-refractivity contribution is 0.201. The third kappa shape index (κ3) is 3.70. The van der Waals surface area contributed by atoms with Gasteiger partial charge in [-0.15, -0.1) is 12.4 Å². The molecule has 3 heteroatoms. The Hall–Kier alpha value is -0.570. The summed E-state index contributed by atoms with van der Waals surface area (Å²) in [5, 5.41) is 0. The van der Waals surface area contributed by atoms with Crippen molar-refractivity contribution in [2.24, 2.45) is 5.73 Å². The first-order valence-electron chi connectivity index (χ1n) is 6.20. The second kappa shape index (κ2) is 6.39. The number of aryl methyl sites for hydroxylation is 1. The van der Waals surface area contributed by atoms with Gasteiger partial charge >= 0.3 is 0 Å². The fourth-order valence-electron chi connectivity index (χ4n) is 2.46. The summed E-state index contributed by atoms with van der Waals surface area (Å²) in [6.07, 6.45) is 2.43. The standard InChI is InChI=1S/C14H22N2.ClH/c1-11-5-3-6-13(12(11)2)9-16-8-4-7-14(15)10-16;/h3,5-6,14H,4,7-10,15H2,1-2H3;1H. The molecular weight excluding hydrogens is 232 g/mol. The lowest BCUT2D eigenvalue weighted by atomic mass is 10.0. The van der Waals surface area contributed by atoms with E-state index in [-0.39, 0.29) is 12.4 Å². The van der Waals surface area contributed by atoms with Crippen molar-refractivity contribution in [3.63, 3.8) is 0 Å². The summed E-state index contributed by atoms with van der Waals surface area (Å²) in [6.45, 7) is 7.70. The Bertz CT molecular complexity index is 365. The van der Waals surface area contributed by atoms with Crippen LogP contribution in [0.3, 0.4) is 0 Å². The fourth-order valence-corrected chi connectivity index (χ4v) is 2.46. The molecule has 1 atom stereocenters. The molecule has 0 radical (unpaired) electrons. The molecule has 0 aliphatic carbocycles. The molecule has 1 fully saturated rings. The zero-order valence-corrected chi connectivity index (χ0v) is 11.6. The highest BCUT2D eigenvalue weighted by Crippen LogP contribution is 2.17. The van der Waals surface area contributed by atoms with E-state index in [2.05, 4.69) is 36.9 Å². The minimum atomic E-state index is 0. The van der Waals surface area contributed by atoms with Gasteiger partial charge in [-0.3, -0.25) is 4.90 Å². The molecule has 1 aliphatic rings. The van der Waals surface area contributed by atoms with E-state index in [1.54, 1.807) is 0 Å². The van der Waals surface area contributed by atoms with Crippen molar-refractivity contribution in [1.82, 2.24) is 4.90 Å². The second-order valence-electron chi connectivity index (χ2n) is 5.00. The topological polar surface area (TPSA) is 29.3 Å². The van der Waals surface area contributed by atoms with E-state index in [0.717, 1.165) is 13.1 Å². The van der Waals surface area contributed by atoms with Crippen LogP contribution in [0, 0.1) is 13.8 Å². The Morgan fingerprint density at radius 3 is 2.82 bits per heavy atom. The van der Waals surface area contributed by atoms with Crippen LogP contribution in [0.25, 0.3) is 0 Å². The molecule has 1 aliphatic heterocycles. The van der Waals surface area contributed by atoms with Gasteiger partial charge in [0.15, 0.2) is 0 Å². The Kier molecular flexibility index (Phi) is 5.44. The van der Waals surface area contributed by atoms with E-state index in [4.69, 9.17) is 5.73 Å². The molecule has 2 N–H and O–H groups in total. The van der Waals surface area contributed by atoms with E-state index >= 15 is 0 Å². The molecule has 2 rings (SSSR count). The van der Waals surface area contributed by atoms with Crippen molar-refractivity contribution in [2.75, 3.05) is 13.1 Å². The molecule has 1 unspecified atom stereocenters. The molecule has 0 saturated carbocycles. The molecule has 17 heavy (non-hydrogen) atoms. The van der Waals surface area contributed by atoms with Crippen molar-refractivity contribution >= 4 is 12.4 Å². The van der Waals surface area contributed by atoms with Crippen LogP contribution in [0.2, 0.25) is 0 Å². The maximum absolute atomic E-state index is 6.01. The minimum absolute atomic E-state index is 0. The number of hydrogen-bond donors (Lipinski definition) is 1. The number of piperidine rings is 1. The third-order valence-corrected chi connectivity index (χ3v) is 3.65. The van der Waals surface area contributed by atoms with Crippen LogP contribution in [0.5, 0.6) is 0 Å². The summed E-state index contributed by atoms with van der Waals surface area (Å²) in [6, 6.07) is 6.95. The minimum Gasteiger partial charge on any atom is -0.327 e. The van der Waals surface area contributed by atoms with E-state index in [1.807, 2.05) is 0 Å². The summed E-state index contributed by atoms with van der Waals surface area (Å²) < 4.78 is 0. The molecule has 0 aromatic heterocycles. The normalized spacial score (nSPS) is 21.0. The Morgan fingerprint density at radius 1 is 1.35 bits per heavy atom. The van der Waals surface area contributed by atoms with Crippen LogP contribution in [-0.2, 0) is 6.54 Å². The molecule has 0 bridgehead atoms. The number of rotatable bonds is 2. The summed E-state index contributed by atoms with van der Waals surface area (Å²) in [7, 11) is 0. The van der Waals surface area contributed by atoms with E-state index in [0.29, 0.717) is 6.04 Å². The van der Waals surface area contributed by atoms with Gasteiger partial charge in [0.2, 0.25) is 0 Å². The first-order chi connectivity index (χ1) is 7.66. The van der Waals surface area contributed by atoms with Crippen LogP contribution in [-0.4, -0.2) is 24.0 Å². The van der Waals surface area contributed by atoms with Crippen LogP contribution in [0.1, 0.15) is 29.5 Å². The first kappa shape index (κ1) is 14.5. The van der Waals surface area contributed by atoms with Crippen LogP contribution < -0.4 is 5.73 Å². The fraction of sp³-hybridized carbons (Fsp3) is 0.571. The molecular formula is C14H23ClN2. The number of nitrogens with zero attached hydrogens (tertiary/aromatic N) is 1. The zero-order valence-electron chi connectivity index (χ0n) is 10.8. The number of benzene rings is 1. The monoisotopic (exact) mass is 254 g/mol. The second-order valence-corrected chi connectivity index (χ2v) is 5.00. The summed E-state index contributed by atoms with van der Waals surface area (Å²) >= 11 is 0. The van der Waals surface area contributed by atoms with Crippen molar-refractivity contribution < 1.29 is 0 Å². The average Bonchev–Trinajstić information content (AvgIpc) is 2.25. The summed E-state index contributed by atoms with van der Waals surface area (Å²) in [5.41, 5.74) is 10.3. The molecule has 1 aromatic rings. The van der Waals surface area contributed by atoms with E-state index in [9.17, 15) is 0 Å². The lowest BCUT2D eigenvalue weighted by Gasteiger charge is -2.31. The summed E-state index contributed by atoms with van der Waals surface area (Å²) in [4.78, 5) is 2.48. The molecule has 0 spiro atoms. The number of likely N-dealkylation sites (tertiary alicyclic amines) is 1. The lowest BCUT2D eigenvalue weighted by Crippen LogP contribution is -2.42. The number of nitrogens with two attached hydrogens (primary N) is 1. The highest BCUT2D eigenvalue weighted by Gasteiger charge is 2.17. The first-order valence-corrected chi connectivity index (χ1v) is 6.20. The quantitative estimate of drug-likeness (QED) is 0.879. The Balaban J connectivity index is 0.00000144. The summed E-state index contributed by atoms with van der Waals surface area (Å²) in [5.74, 6) is 0. The van der Waals surface area contributed by atoms with Gasteiger partial charge in [-0.25, -0.2) is 0 Å². The van der Waals surface area contributed by atoms with Gasteiger partial charge in [0.05, 0.1) is 0 Å². The maximum atomic E-state index is 6.01. The highest BCUT2D eigenvalue weighted by atomic mass is 35.5. The number of halogens is 1. The predicted octanol–water partition coefficient (Wildman–Crippen LogP) is 2.65. The predicted molar refractivity (Wildman–Crippen MR) is 75.7 cm³/mol.